The van der Waals surface area contributed by atoms with Crippen LogP contribution in [0.5, 0.6) is 0 Å². The van der Waals surface area contributed by atoms with Crippen molar-refractivity contribution >= 4 is 64.2 Å². The molecule has 1 aromatic rings. The number of hydrogen-bond donors (Lipinski definition) is 4. The van der Waals surface area contributed by atoms with Gasteiger partial charge in [-0.2, -0.15) is 35.3 Å². The zero-order valence-corrected chi connectivity index (χ0v) is 71.8. The number of hydrogen-bond acceptors (Lipinski definition) is 12. The van der Waals surface area contributed by atoms with Crippen molar-refractivity contribution in [1.29, 1.82) is 0 Å². The fraction of sp³-hybridized carbons (Fsp3) is 0.892. The second-order valence-corrected chi connectivity index (χ2v) is 44.5. The predicted octanol–water partition coefficient (Wildman–Crippen LogP) is 20.3. The molecule has 16 fully saturated rings. The minimum atomic E-state index is -2.62. The fourth-order valence-corrected chi connectivity index (χ4v) is 34.0. The molecule has 32 atom stereocenters. The first-order chi connectivity index (χ1) is 52.6. The summed E-state index contributed by atoms with van der Waals surface area (Å²) in [5.41, 5.74) is -1.81. The Bertz CT molecular complexity index is 3430. The SMILES string of the molecule is C=C(Cn1ccnc1)[C@H]1CC[C@H]2[C@@H]3CC[C@@H]4C[C@](O)(CF)CC[C@@H]4[C@H]3CC[C@]12C.COC[C@]1(O)CC[C@H]2[C@H](CC[C@@H]3[C@@H]2CC[C@]2(C)[C@@H](C(=O)CSC)CC[C@@H]32)C1.CSCC(=O)[C@H]1CC[C@H]2[C@@H]3CC[C@@H]4C[C@](O)(C#CCl)CC[C@@H]4[C@H]3CC[C@]12C.CSCC(=O)[C@H]1CC[C@H]2[C@@H]3CC[C@@H]4C[C@](O)(C(F)F)CC[C@@H]4[C@H]3CC[C@]12C. The molecule has 0 bridgehead atoms. The normalized spacial score (nSPS) is 48.4. The second kappa shape index (κ2) is 34.3. The molecule has 16 saturated carbocycles. The number of halogens is 4. The molecule has 16 aliphatic carbocycles. The Hall–Kier alpha value is -1.55. The Morgan fingerprint density at radius 1 is 0.491 bits per heavy atom. The number of alkyl halides is 3. The lowest BCUT2D eigenvalue weighted by molar-refractivity contribution is -0.160. The van der Waals surface area contributed by atoms with Gasteiger partial charge in [-0.25, -0.2) is 18.2 Å². The lowest BCUT2D eigenvalue weighted by atomic mass is 9.48. The molecule has 4 N–H and O–H groups in total. The molecule has 618 valence electrons. The highest BCUT2D eigenvalue weighted by atomic mass is 35.5. The first-order valence-electron chi connectivity index (χ1n) is 44.6. The van der Waals surface area contributed by atoms with E-state index in [-0.39, 0.29) is 40.9 Å². The number of Topliss-reactive ketones (excluding diaryl/α,β-unsaturated/α-hetero) is 3. The minimum absolute atomic E-state index is 0.152. The number of methoxy groups -OCH3 is 1. The largest absolute Gasteiger partial charge is 0.387 e. The summed E-state index contributed by atoms with van der Waals surface area (Å²) in [6.07, 6.45) is 47.9. The van der Waals surface area contributed by atoms with Crippen molar-refractivity contribution in [3.63, 3.8) is 0 Å². The number of carbonyl (C=O) groups excluding carboxylic acids is 3. The summed E-state index contributed by atoms with van der Waals surface area (Å²) in [4.78, 5) is 42.4. The summed E-state index contributed by atoms with van der Waals surface area (Å²) in [7, 11) is 1.71. The number of fused-ring (bicyclic) bond motifs is 20. The Labute approximate surface area is 678 Å². The Morgan fingerprint density at radius 2 is 0.855 bits per heavy atom. The molecule has 0 radical (unpaired) electrons. The van der Waals surface area contributed by atoms with Crippen molar-refractivity contribution in [3.05, 3.63) is 30.9 Å². The van der Waals surface area contributed by atoms with Crippen molar-refractivity contribution in [2.24, 2.45) is 164 Å². The number of thioether (sulfide) groups is 3. The zero-order chi connectivity index (χ0) is 78.1. The molecule has 0 aliphatic heterocycles. The van der Waals surface area contributed by atoms with Crippen molar-refractivity contribution in [3.8, 4) is 11.3 Å². The molecule has 1 heterocycles. The Balaban J connectivity index is 0.000000122. The molecule has 17 heteroatoms. The van der Waals surface area contributed by atoms with Crippen LogP contribution in [0.15, 0.2) is 30.9 Å². The van der Waals surface area contributed by atoms with Gasteiger partial charge in [0.25, 0.3) is 6.43 Å². The van der Waals surface area contributed by atoms with Crippen LogP contribution in [-0.2, 0) is 25.7 Å². The van der Waals surface area contributed by atoms with Gasteiger partial charge in [0.1, 0.15) is 35.2 Å². The summed E-state index contributed by atoms with van der Waals surface area (Å²) >= 11 is 10.6. The molecule has 0 aromatic carbocycles. The van der Waals surface area contributed by atoms with E-state index in [1.165, 1.54) is 121 Å². The molecule has 1 aromatic heterocycles. The van der Waals surface area contributed by atoms with Crippen molar-refractivity contribution < 1.29 is 52.7 Å². The first kappa shape index (κ1) is 84.9. The van der Waals surface area contributed by atoms with E-state index in [1.807, 2.05) is 31.2 Å². The van der Waals surface area contributed by atoms with Gasteiger partial charge < -0.3 is 29.7 Å². The highest BCUT2D eigenvalue weighted by Crippen LogP contribution is 2.70. The third-order valence-corrected chi connectivity index (χ3v) is 38.9. The van der Waals surface area contributed by atoms with E-state index in [4.69, 9.17) is 16.3 Å². The van der Waals surface area contributed by atoms with Gasteiger partial charge in [0.2, 0.25) is 0 Å². The highest BCUT2D eigenvalue weighted by Gasteiger charge is 2.64. The van der Waals surface area contributed by atoms with E-state index in [9.17, 15) is 48.0 Å². The summed E-state index contributed by atoms with van der Waals surface area (Å²) in [6.45, 7) is 15.2. The smallest absolute Gasteiger partial charge is 0.266 e. The van der Waals surface area contributed by atoms with Crippen LogP contribution in [-0.4, -0.2) is 133 Å². The molecule has 0 spiro atoms. The quantitative estimate of drug-likeness (QED) is 0.0918. The van der Waals surface area contributed by atoms with Crippen LogP contribution in [0.25, 0.3) is 0 Å². The van der Waals surface area contributed by atoms with Crippen LogP contribution in [0.2, 0.25) is 0 Å². The molecular weight excluding hydrogens is 1460 g/mol. The number of ketones is 3. The van der Waals surface area contributed by atoms with Crippen LogP contribution in [0, 0.1) is 175 Å². The molecule has 10 nitrogen and oxygen atoms in total. The van der Waals surface area contributed by atoms with Gasteiger partial charge in [-0.15, -0.1) is 0 Å². The van der Waals surface area contributed by atoms with Crippen LogP contribution in [0.3, 0.4) is 0 Å². The number of carbonyl (C=O) groups is 3. The maximum absolute atomic E-state index is 13.4. The van der Waals surface area contributed by atoms with E-state index in [2.05, 4.69) is 61.4 Å². The average Bonchev–Trinajstić information content (AvgIpc) is 1.53. The second-order valence-electron chi connectivity index (χ2n) is 41.7. The van der Waals surface area contributed by atoms with E-state index < -0.39 is 35.5 Å². The van der Waals surface area contributed by atoms with E-state index in [0.29, 0.717) is 119 Å². The molecule has 17 rings (SSSR count). The molecule has 110 heavy (non-hydrogen) atoms. The Morgan fingerprint density at radius 3 is 1.24 bits per heavy atom. The van der Waals surface area contributed by atoms with Gasteiger partial charge in [0.05, 0.1) is 41.4 Å². The third kappa shape index (κ3) is 16.1. The minimum Gasteiger partial charge on any atom is -0.387 e. The standard InChI is InChI=1S/C25H37FN2O.C23H33ClO2S.C23H38O3S.C22H34F2O2S/c1-17(14-28-12-11-27-16-28)22-5-6-23-21-4-3-18-13-25(29,15-26)10-8-19(18)20(21)7-9-24(22,23)2;1-22-9-7-17-16-8-10-23(26,11-12-24)13-15(16)3-4-18(17)19(22)5-6-20(22)21(25)14-27-2;1-22-10-8-17-16-9-11-23(25,14-26-2)12-15(16)4-5-18(17)19(22)6-7-20(22)21(24)13-27-3;1-21-9-7-15-14-8-10-22(26,20(23)24)11-13(14)3-4-16(15)17(21)5-6-18(21)19(25)12-27-2/h11-12,16,18-23,29H,1,3-10,13-15H2,2H3;15-20,26H,3-10,13-14H2,1-2H3;15-20,25H,4-14H2,1-3H3;13-18,20,26H,3-12H2,1-2H3/t18-,19+,20-,21-,22-,23+,24-,25+;15-,16+,17-,18-,19+,20-,22+,23-;15-,16+,17-,18-,19+,20-,22+,23+;13-,14+,15-,16-,17+,18-,21+,22+/m1111/s1. The van der Waals surface area contributed by atoms with E-state index >= 15 is 0 Å². The number of ether oxygens (including phenoxy) is 1. The summed E-state index contributed by atoms with van der Waals surface area (Å²) in [5.74, 6) is 21.8. The highest BCUT2D eigenvalue weighted by molar-refractivity contribution is 7.99. The summed E-state index contributed by atoms with van der Waals surface area (Å²) < 4.78 is 47.5. The molecular formula is C93H142ClF3N2O8S3. The lowest BCUT2D eigenvalue weighted by Gasteiger charge is -2.57. The lowest BCUT2D eigenvalue weighted by Crippen LogP contribution is -2.53. The number of aromatic nitrogens is 2. The van der Waals surface area contributed by atoms with Crippen molar-refractivity contribution in [2.45, 2.75) is 294 Å². The van der Waals surface area contributed by atoms with Gasteiger partial charge in [-0.1, -0.05) is 45.8 Å². The van der Waals surface area contributed by atoms with Crippen molar-refractivity contribution in [2.75, 3.05) is 56.4 Å². The van der Waals surface area contributed by atoms with Gasteiger partial charge in [0.15, 0.2) is 0 Å². The Kier molecular flexibility index (Phi) is 26.5. The fourth-order valence-electron chi connectivity index (χ4n) is 32.3. The van der Waals surface area contributed by atoms with E-state index in [0.717, 1.165) is 167 Å². The maximum atomic E-state index is 13.4. The number of allylic oxidation sites excluding steroid dienone is 1. The van der Waals surface area contributed by atoms with Gasteiger partial charge in [0, 0.05) is 49.2 Å². The molecule has 16 aliphatic rings. The summed E-state index contributed by atoms with van der Waals surface area (Å²) in [6, 6.07) is 0. The van der Waals surface area contributed by atoms with Gasteiger partial charge in [-0.05, 0) is 407 Å². The van der Waals surface area contributed by atoms with Crippen LogP contribution >= 0.6 is 46.9 Å². The topological polar surface area (TPSA) is 159 Å². The number of imidazole rings is 1. The summed E-state index contributed by atoms with van der Waals surface area (Å²) in [5, 5.41) is 44.9. The molecule has 0 amide bonds. The number of rotatable bonds is 16. The predicted molar refractivity (Wildman–Crippen MR) is 441 cm³/mol. The van der Waals surface area contributed by atoms with Gasteiger partial charge >= 0.3 is 0 Å². The average molecular weight is 1600 g/mol. The molecule has 0 saturated heterocycles. The third-order valence-electron chi connectivity index (χ3n) is 37.1. The van der Waals surface area contributed by atoms with Crippen molar-refractivity contribution in [1.82, 2.24) is 9.55 Å². The first-order valence-corrected chi connectivity index (χ1v) is 49.2. The van der Waals surface area contributed by atoms with Crippen LogP contribution in [0.1, 0.15) is 259 Å². The van der Waals surface area contributed by atoms with Gasteiger partial charge in [-0.3, -0.25) is 14.4 Å². The maximum Gasteiger partial charge on any atom is 0.266 e. The van der Waals surface area contributed by atoms with Crippen LogP contribution < -0.4 is 0 Å². The monoisotopic (exact) mass is 1600 g/mol. The zero-order valence-electron chi connectivity index (χ0n) is 68.6. The number of nitrogens with zero attached hydrogens (tertiary/aromatic N) is 2. The number of aliphatic hydroxyl groups is 4. The van der Waals surface area contributed by atoms with Crippen LogP contribution in [0.4, 0.5) is 13.2 Å². The molecule has 0 unspecified atom stereocenters. The van der Waals surface area contributed by atoms with E-state index in [1.54, 1.807) is 42.4 Å².